The minimum atomic E-state index is -0.127. The first-order chi connectivity index (χ1) is 5.70. The standard InChI is InChI=1S/C9H18O3/c1-6(2)8(7-5-12-7)9(10-3)11-4/h6-9H,5H2,1-4H3/t7-,8?/m0/s1. The van der Waals surface area contributed by atoms with Gasteiger partial charge in [0.25, 0.3) is 0 Å². The zero-order valence-electron chi connectivity index (χ0n) is 8.24. The number of methoxy groups -OCH3 is 2. The van der Waals surface area contributed by atoms with Crippen molar-refractivity contribution in [3.8, 4) is 0 Å². The maximum atomic E-state index is 5.26. The largest absolute Gasteiger partial charge is 0.373 e. The van der Waals surface area contributed by atoms with E-state index in [9.17, 15) is 0 Å². The summed E-state index contributed by atoms with van der Waals surface area (Å²) in [5.41, 5.74) is 0. The van der Waals surface area contributed by atoms with Crippen LogP contribution in [0, 0.1) is 11.8 Å². The molecule has 0 bridgehead atoms. The summed E-state index contributed by atoms with van der Waals surface area (Å²) in [4.78, 5) is 0. The summed E-state index contributed by atoms with van der Waals surface area (Å²) >= 11 is 0. The molecule has 12 heavy (non-hydrogen) atoms. The first-order valence-electron chi connectivity index (χ1n) is 4.38. The van der Waals surface area contributed by atoms with Gasteiger partial charge in [-0.05, 0) is 5.92 Å². The lowest BCUT2D eigenvalue weighted by atomic mass is 9.92. The molecule has 0 N–H and O–H groups in total. The van der Waals surface area contributed by atoms with Gasteiger partial charge in [0.15, 0.2) is 6.29 Å². The van der Waals surface area contributed by atoms with Crippen LogP contribution < -0.4 is 0 Å². The monoisotopic (exact) mass is 174 g/mol. The van der Waals surface area contributed by atoms with Crippen LogP contribution in [0.15, 0.2) is 0 Å². The van der Waals surface area contributed by atoms with Gasteiger partial charge in [-0.3, -0.25) is 0 Å². The van der Waals surface area contributed by atoms with Crippen molar-refractivity contribution in [3.05, 3.63) is 0 Å². The second-order valence-electron chi connectivity index (χ2n) is 3.53. The molecule has 0 aromatic heterocycles. The van der Waals surface area contributed by atoms with Crippen molar-refractivity contribution in [2.75, 3.05) is 20.8 Å². The molecule has 0 aliphatic carbocycles. The topological polar surface area (TPSA) is 31.0 Å². The highest BCUT2D eigenvalue weighted by atomic mass is 16.7. The summed E-state index contributed by atoms with van der Waals surface area (Å²) in [6.45, 7) is 5.18. The Hall–Kier alpha value is -0.120. The first kappa shape index (κ1) is 9.96. The van der Waals surface area contributed by atoms with Crippen LogP contribution in [-0.2, 0) is 14.2 Å². The van der Waals surface area contributed by atoms with Gasteiger partial charge in [-0.2, -0.15) is 0 Å². The van der Waals surface area contributed by atoms with E-state index in [1.165, 1.54) is 0 Å². The Morgan fingerprint density at radius 1 is 1.25 bits per heavy atom. The summed E-state index contributed by atoms with van der Waals surface area (Å²) in [5, 5.41) is 0. The molecule has 0 saturated carbocycles. The van der Waals surface area contributed by atoms with Crippen LogP contribution in [0.3, 0.4) is 0 Å². The molecule has 1 rings (SSSR count). The van der Waals surface area contributed by atoms with Crippen molar-refractivity contribution in [1.82, 2.24) is 0 Å². The third-order valence-corrected chi connectivity index (χ3v) is 2.34. The Kier molecular flexibility index (Phi) is 3.50. The molecular weight excluding hydrogens is 156 g/mol. The second-order valence-corrected chi connectivity index (χ2v) is 3.53. The molecule has 0 amide bonds. The molecule has 1 unspecified atom stereocenters. The zero-order valence-corrected chi connectivity index (χ0v) is 8.24. The third kappa shape index (κ3) is 2.19. The average molecular weight is 174 g/mol. The molecule has 1 aliphatic heterocycles. The minimum Gasteiger partial charge on any atom is -0.373 e. The van der Waals surface area contributed by atoms with Crippen molar-refractivity contribution < 1.29 is 14.2 Å². The average Bonchev–Trinajstić information content (AvgIpc) is 2.82. The molecule has 2 atom stereocenters. The lowest BCUT2D eigenvalue weighted by molar-refractivity contribution is -0.151. The summed E-state index contributed by atoms with van der Waals surface area (Å²) in [5.74, 6) is 0.891. The van der Waals surface area contributed by atoms with E-state index >= 15 is 0 Å². The third-order valence-electron chi connectivity index (χ3n) is 2.34. The molecule has 1 fully saturated rings. The highest BCUT2D eigenvalue weighted by Crippen LogP contribution is 2.31. The number of ether oxygens (including phenoxy) is 3. The van der Waals surface area contributed by atoms with Gasteiger partial charge >= 0.3 is 0 Å². The summed E-state index contributed by atoms with van der Waals surface area (Å²) < 4.78 is 15.7. The van der Waals surface area contributed by atoms with Crippen LogP contribution >= 0.6 is 0 Å². The highest BCUT2D eigenvalue weighted by Gasteiger charge is 2.40. The van der Waals surface area contributed by atoms with E-state index in [2.05, 4.69) is 13.8 Å². The Bertz CT molecular complexity index is 126. The van der Waals surface area contributed by atoms with Crippen molar-refractivity contribution in [3.63, 3.8) is 0 Å². The molecular formula is C9H18O3. The normalized spacial score (nSPS) is 25.0. The Balaban J connectivity index is 2.49. The maximum absolute atomic E-state index is 5.26. The second kappa shape index (κ2) is 4.21. The molecule has 1 saturated heterocycles. The number of hydrogen-bond acceptors (Lipinski definition) is 3. The molecule has 1 heterocycles. The van der Waals surface area contributed by atoms with Crippen LogP contribution in [0.4, 0.5) is 0 Å². The van der Waals surface area contributed by atoms with E-state index in [-0.39, 0.29) is 6.29 Å². The zero-order chi connectivity index (χ0) is 9.14. The Morgan fingerprint density at radius 2 is 1.75 bits per heavy atom. The Morgan fingerprint density at radius 3 is 2.00 bits per heavy atom. The molecule has 0 aromatic carbocycles. The van der Waals surface area contributed by atoms with Gasteiger partial charge in [0.05, 0.1) is 12.7 Å². The first-order valence-corrected chi connectivity index (χ1v) is 4.38. The van der Waals surface area contributed by atoms with Crippen LogP contribution in [0.2, 0.25) is 0 Å². The van der Waals surface area contributed by atoms with Crippen molar-refractivity contribution in [2.45, 2.75) is 26.2 Å². The fourth-order valence-corrected chi connectivity index (χ4v) is 1.61. The summed E-state index contributed by atoms with van der Waals surface area (Å²) in [7, 11) is 3.35. The van der Waals surface area contributed by atoms with E-state index in [0.717, 1.165) is 6.61 Å². The lowest BCUT2D eigenvalue weighted by Gasteiger charge is -2.26. The molecule has 72 valence electrons. The van der Waals surface area contributed by atoms with E-state index in [4.69, 9.17) is 14.2 Å². The van der Waals surface area contributed by atoms with E-state index < -0.39 is 0 Å². The predicted octanol–water partition coefficient (Wildman–Crippen LogP) is 1.28. The van der Waals surface area contributed by atoms with Crippen LogP contribution in [0.5, 0.6) is 0 Å². The number of epoxide rings is 1. The van der Waals surface area contributed by atoms with Gasteiger partial charge in [0.2, 0.25) is 0 Å². The predicted molar refractivity (Wildman–Crippen MR) is 45.9 cm³/mol. The van der Waals surface area contributed by atoms with Gasteiger partial charge in [-0.15, -0.1) is 0 Å². The fourth-order valence-electron chi connectivity index (χ4n) is 1.61. The maximum Gasteiger partial charge on any atom is 0.162 e. The smallest absolute Gasteiger partial charge is 0.162 e. The quantitative estimate of drug-likeness (QED) is 0.464. The molecule has 0 radical (unpaired) electrons. The Labute approximate surface area is 74.0 Å². The van der Waals surface area contributed by atoms with Crippen molar-refractivity contribution in [2.24, 2.45) is 11.8 Å². The van der Waals surface area contributed by atoms with Gasteiger partial charge < -0.3 is 14.2 Å². The van der Waals surface area contributed by atoms with Gasteiger partial charge in [-0.25, -0.2) is 0 Å². The van der Waals surface area contributed by atoms with E-state index in [1.54, 1.807) is 14.2 Å². The summed E-state index contributed by atoms with van der Waals surface area (Å²) in [6, 6.07) is 0. The van der Waals surface area contributed by atoms with Crippen LogP contribution in [0.1, 0.15) is 13.8 Å². The molecule has 1 aliphatic rings. The minimum absolute atomic E-state index is 0.127. The van der Waals surface area contributed by atoms with Crippen LogP contribution in [0.25, 0.3) is 0 Å². The molecule has 3 nitrogen and oxygen atoms in total. The van der Waals surface area contributed by atoms with Crippen molar-refractivity contribution in [1.29, 1.82) is 0 Å². The number of rotatable bonds is 5. The molecule has 0 spiro atoms. The van der Waals surface area contributed by atoms with Gasteiger partial charge in [0, 0.05) is 20.1 Å². The lowest BCUT2D eigenvalue weighted by Crippen LogP contribution is -2.33. The molecule has 3 heteroatoms. The molecule has 0 aromatic rings. The van der Waals surface area contributed by atoms with Crippen molar-refractivity contribution >= 4 is 0 Å². The SMILES string of the molecule is COC(OC)C(C(C)C)[C@@H]1CO1. The van der Waals surface area contributed by atoms with Gasteiger partial charge in [-0.1, -0.05) is 13.8 Å². The number of hydrogen-bond donors (Lipinski definition) is 0. The fraction of sp³-hybridized carbons (Fsp3) is 1.00. The highest BCUT2D eigenvalue weighted by molar-refractivity contribution is 4.83. The summed E-state index contributed by atoms with van der Waals surface area (Å²) in [6.07, 6.45) is 0.215. The van der Waals surface area contributed by atoms with Gasteiger partial charge in [0.1, 0.15) is 0 Å². The van der Waals surface area contributed by atoms with Crippen LogP contribution in [-0.4, -0.2) is 33.2 Å². The van der Waals surface area contributed by atoms with E-state index in [0.29, 0.717) is 17.9 Å². The van der Waals surface area contributed by atoms with E-state index in [1.807, 2.05) is 0 Å².